The van der Waals surface area contributed by atoms with Crippen LogP contribution in [0.25, 0.3) is 0 Å². The molecule has 2 rings (SSSR count). The molecule has 0 amide bonds. The number of nitrogens with two attached hydrogens (primary N) is 1. The van der Waals surface area contributed by atoms with Gasteiger partial charge in [0.15, 0.2) is 0 Å². The molecule has 1 fully saturated rings. The summed E-state index contributed by atoms with van der Waals surface area (Å²) in [6, 6.07) is 0.144. The van der Waals surface area contributed by atoms with E-state index in [9.17, 15) is 0 Å². The topological polar surface area (TPSA) is 65.1 Å². The molecule has 19 heavy (non-hydrogen) atoms. The molecule has 108 valence electrons. The second kappa shape index (κ2) is 6.83. The Morgan fingerprint density at radius 2 is 2.37 bits per heavy atom. The predicted octanol–water partition coefficient (Wildman–Crippen LogP) is 1.78. The number of hydrogen-bond donors (Lipinski definition) is 2. The molecule has 1 aromatic rings. The number of aryl methyl sites for hydroxylation is 2. The minimum atomic E-state index is 0.144. The van der Waals surface area contributed by atoms with Crippen LogP contribution in [-0.4, -0.2) is 28.5 Å². The SMILES string of the molecule is CCc1nn(CC)c(CC(NN)C2CCCO2)c1Br. The Bertz CT molecular complexity index is 415. The number of hydrazine groups is 1. The Hall–Kier alpha value is -0.430. The molecule has 1 aliphatic heterocycles. The van der Waals surface area contributed by atoms with Crippen molar-refractivity contribution in [3.05, 3.63) is 15.9 Å². The Balaban J connectivity index is 2.18. The van der Waals surface area contributed by atoms with Gasteiger partial charge in [0.2, 0.25) is 0 Å². The summed E-state index contributed by atoms with van der Waals surface area (Å²) in [6.07, 6.45) is 4.18. The molecule has 3 N–H and O–H groups in total. The van der Waals surface area contributed by atoms with Gasteiger partial charge in [0.1, 0.15) is 0 Å². The minimum Gasteiger partial charge on any atom is -0.377 e. The summed E-state index contributed by atoms with van der Waals surface area (Å²) in [6.45, 7) is 5.95. The van der Waals surface area contributed by atoms with Gasteiger partial charge in [-0.3, -0.25) is 16.0 Å². The van der Waals surface area contributed by atoms with E-state index < -0.39 is 0 Å². The lowest BCUT2D eigenvalue weighted by molar-refractivity contribution is 0.0777. The largest absolute Gasteiger partial charge is 0.377 e. The van der Waals surface area contributed by atoms with Crippen LogP contribution in [0.3, 0.4) is 0 Å². The van der Waals surface area contributed by atoms with Crippen molar-refractivity contribution in [2.24, 2.45) is 5.84 Å². The highest BCUT2D eigenvalue weighted by Crippen LogP contribution is 2.26. The van der Waals surface area contributed by atoms with E-state index in [1.165, 1.54) is 5.69 Å². The zero-order chi connectivity index (χ0) is 13.8. The van der Waals surface area contributed by atoms with Gasteiger partial charge in [-0.1, -0.05) is 6.92 Å². The first-order valence-electron chi connectivity index (χ1n) is 7.03. The molecule has 1 saturated heterocycles. The van der Waals surface area contributed by atoms with Gasteiger partial charge >= 0.3 is 0 Å². The molecule has 1 aliphatic rings. The zero-order valence-electron chi connectivity index (χ0n) is 11.7. The summed E-state index contributed by atoms with van der Waals surface area (Å²) in [5, 5.41) is 4.62. The molecule has 0 aromatic carbocycles. The number of hydrogen-bond acceptors (Lipinski definition) is 4. The molecule has 0 aliphatic carbocycles. The lowest BCUT2D eigenvalue weighted by atomic mass is 10.0. The number of halogens is 1. The maximum Gasteiger partial charge on any atom is 0.0766 e. The molecule has 2 unspecified atom stereocenters. The third-order valence-electron chi connectivity index (χ3n) is 3.74. The van der Waals surface area contributed by atoms with E-state index in [4.69, 9.17) is 10.6 Å². The molecular formula is C13H23BrN4O. The number of ether oxygens (including phenoxy) is 1. The van der Waals surface area contributed by atoms with Crippen molar-refractivity contribution in [2.45, 2.75) is 58.2 Å². The maximum atomic E-state index is 5.74. The molecule has 2 heterocycles. The fourth-order valence-corrected chi connectivity index (χ4v) is 3.36. The van der Waals surface area contributed by atoms with Crippen molar-refractivity contribution >= 4 is 15.9 Å². The van der Waals surface area contributed by atoms with Crippen LogP contribution in [0.4, 0.5) is 0 Å². The minimum absolute atomic E-state index is 0.144. The second-order valence-electron chi connectivity index (χ2n) is 4.91. The van der Waals surface area contributed by atoms with E-state index in [-0.39, 0.29) is 12.1 Å². The third-order valence-corrected chi connectivity index (χ3v) is 4.65. The van der Waals surface area contributed by atoms with E-state index >= 15 is 0 Å². The van der Waals surface area contributed by atoms with Gasteiger partial charge in [-0.2, -0.15) is 5.10 Å². The van der Waals surface area contributed by atoms with E-state index in [0.717, 1.165) is 49.0 Å². The van der Waals surface area contributed by atoms with Crippen molar-refractivity contribution in [1.29, 1.82) is 0 Å². The van der Waals surface area contributed by atoms with Crippen molar-refractivity contribution in [1.82, 2.24) is 15.2 Å². The Morgan fingerprint density at radius 3 is 2.89 bits per heavy atom. The molecule has 0 radical (unpaired) electrons. The highest BCUT2D eigenvalue weighted by Gasteiger charge is 2.27. The average Bonchev–Trinajstić information content (AvgIpc) is 3.04. The summed E-state index contributed by atoms with van der Waals surface area (Å²) in [5.74, 6) is 5.71. The van der Waals surface area contributed by atoms with Gasteiger partial charge in [-0.25, -0.2) is 0 Å². The van der Waals surface area contributed by atoms with Crippen molar-refractivity contribution < 1.29 is 4.74 Å². The van der Waals surface area contributed by atoms with Crippen LogP contribution in [0.1, 0.15) is 38.1 Å². The van der Waals surface area contributed by atoms with Gasteiger partial charge in [-0.15, -0.1) is 0 Å². The van der Waals surface area contributed by atoms with Crippen LogP contribution in [0.5, 0.6) is 0 Å². The lowest BCUT2D eigenvalue weighted by Gasteiger charge is -2.22. The van der Waals surface area contributed by atoms with Crippen LogP contribution in [0.15, 0.2) is 4.47 Å². The summed E-state index contributed by atoms with van der Waals surface area (Å²) in [4.78, 5) is 0. The number of rotatable bonds is 6. The predicted molar refractivity (Wildman–Crippen MR) is 78.8 cm³/mol. The van der Waals surface area contributed by atoms with Crippen molar-refractivity contribution in [3.63, 3.8) is 0 Å². The Kier molecular flexibility index (Phi) is 5.38. The smallest absolute Gasteiger partial charge is 0.0766 e. The van der Waals surface area contributed by atoms with Gasteiger partial charge < -0.3 is 4.74 Å². The number of nitrogens with one attached hydrogen (secondary N) is 1. The van der Waals surface area contributed by atoms with Crippen molar-refractivity contribution in [2.75, 3.05) is 6.61 Å². The van der Waals surface area contributed by atoms with Gasteiger partial charge in [0.05, 0.1) is 28.0 Å². The first-order chi connectivity index (χ1) is 9.21. The fraction of sp³-hybridized carbons (Fsp3) is 0.769. The summed E-state index contributed by atoms with van der Waals surface area (Å²) in [7, 11) is 0. The van der Waals surface area contributed by atoms with E-state index in [1.807, 2.05) is 0 Å². The van der Waals surface area contributed by atoms with E-state index in [0.29, 0.717) is 0 Å². The molecule has 0 spiro atoms. The first-order valence-corrected chi connectivity index (χ1v) is 7.82. The molecule has 2 atom stereocenters. The monoisotopic (exact) mass is 330 g/mol. The summed E-state index contributed by atoms with van der Waals surface area (Å²) >= 11 is 3.68. The zero-order valence-corrected chi connectivity index (χ0v) is 13.2. The lowest BCUT2D eigenvalue weighted by Crippen LogP contribution is -2.45. The molecule has 5 nitrogen and oxygen atoms in total. The van der Waals surface area contributed by atoms with Gasteiger partial charge in [-0.05, 0) is 42.1 Å². The standard InChI is InChI=1S/C13H23BrN4O/c1-3-9-13(14)11(18(4-2)17-9)8-10(16-15)12-6-5-7-19-12/h10,12,16H,3-8,15H2,1-2H3. The van der Waals surface area contributed by atoms with Crippen LogP contribution in [-0.2, 0) is 24.1 Å². The van der Waals surface area contributed by atoms with Crippen LogP contribution in [0, 0.1) is 0 Å². The van der Waals surface area contributed by atoms with Gasteiger partial charge in [0.25, 0.3) is 0 Å². The Labute approximate surface area is 123 Å². The van der Waals surface area contributed by atoms with Crippen molar-refractivity contribution in [3.8, 4) is 0 Å². The first kappa shape index (κ1) is 15.0. The normalized spacial score (nSPS) is 20.9. The summed E-state index contributed by atoms with van der Waals surface area (Å²) in [5.41, 5.74) is 5.23. The highest BCUT2D eigenvalue weighted by atomic mass is 79.9. The number of nitrogens with zero attached hydrogens (tertiary/aromatic N) is 2. The molecule has 6 heteroatoms. The Morgan fingerprint density at radius 1 is 1.58 bits per heavy atom. The van der Waals surface area contributed by atoms with E-state index in [1.54, 1.807) is 0 Å². The molecule has 1 aromatic heterocycles. The van der Waals surface area contributed by atoms with E-state index in [2.05, 4.69) is 45.0 Å². The number of aromatic nitrogens is 2. The van der Waals surface area contributed by atoms with Crippen LogP contribution < -0.4 is 11.3 Å². The van der Waals surface area contributed by atoms with Crippen LogP contribution >= 0.6 is 15.9 Å². The molecule has 0 saturated carbocycles. The average molecular weight is 331 g/mol. The van der Waals surface area contributed by atoms with Gasteiger partial charge in [0, 0.05) is 19.6 Å². The molecule has 0 bridgehead atoms. The maximum absolute atomic E-state index is 5.74. The third kappa shape index (κ3) is 3.18. The summed E-state index contributed by atoms with van der Waals surface area (Å²) < 4.78 is 8.92. The van der Waals surface area contributed by atoms with Crippen LogP contribution in [0.2, 0.25) is 0 Å². The fourth-order valence-electron chi connectivity index (χ4n) is 2.64. The quantitative estimate of drug-likeness (QED) is 0.616. The molecular weight excluding hydrogens is 308 g/mol. The second-order valence-corrected chi connectivity index (χ2v) is 5.70. The highest BCUT2D eigenvalue weighted by molar-refractivity contribution is 9.10.